The van der Waals surface area contributed by atoms with Crippen molar-refractivity contribution in [3.63, 3.8) is 0 Å². The summed E-state index contributed by atoms with van der Waals surface area (Å²) in [4.78, 5) is 3.99. The highest BCUT2D eigenvalue weighted by Crippen LogP contribution is 2.26. The maximum absolute atomic E-state index is 5.95. The summed E-state index contributed by atoms with van der Waals surface area (Å²) < 4.78 is 1.23. The van der Waals surface area contributed by atoms with Crippen molar-refractivity contribution >= 4 is 27.3 Å². The Hall–Kier alpha value is 0.1000. The third kappa shape index (κ3) is 3.29. The van der Waals surface area contributed by atoms with Crippen LogP contribution in [-0.4, -0.2) is 24.0 Å². The molecular formula is C12H19BrN2S. The molecule has 1 saturated heterocycles. The number of piperidine rings is 1. The molecule has 0 saturated carbocycles. The average Bonchev–Trinajstić information content (AvgIpc) is 2.65. The molecule has 4 heteroatoms. The lowest BCUT2D eigenvalue weighted by molar-refractivity contribution is 0.167. The van der Waals surface area contributed by atoms with Crippen LogP contribution in [0.15, 0.2) is 15.9 Å². The molecule has 1 aliphatic rings. The number of likely N-dealkylation sites (tertiary alicyclic amines) is 1. The van der Waals surface area contributed by atoms with E-state index in [4.69, 9.17) is 5.73 Å². The average molecular weight is 303 g/mol. The molecule has 2 rings (SSSR count). The second kappa shape index (κ2) is 5.63. The highest BCUT2D eigenvalue weighted by Gasteiger charge is 2.21. The molecule has 1 atom stereocenters. The number of halogens is 1. The molecule has 0 aliphatic carbocycles. The van der Waals surface area contributed by atoms with Gasteiger partial charge >= 0.3 is 0 Å². The Morgan fingerprint density at radius 2 is 2.19 bits per heavy atom. The van der Waals surface area contributed by atoms with Crippen molar-refractivity contribution in [1.29, 1.82) is 0 Å². The van der Waals surface area contributed by atoms with Gasteiger partial charge in [0, 0.05) is 17.5 Å². The summed E-state index contributed by atoms with van der Waals surface area (Å²) in [7, 11) is 0. The molecule has 0 bridgehead atoms. The largest absolute Gasteiger partial charge is 0.328 e. The van der Waals surface area contributed by atoms with Gasteiger partial charge < -0.3 is 5.73 Å². The van der Waals surface area contributed by atoms with E-state index in [0.29, 0.717) is 6.04 Å². The minimum atomic E-state index is 0.359. The van der Waals surface area contributed by atoms with Gasteiger partial charge in [-0.1, -0.05) is 0 Å². The number of thiophene rings is 1. The van der Waals surface area contributed by atoms with Gasteiger partial charge in [0.15, 0.2) is 0 Å². The van der Waals surface area contributed by atoms with Crippen LogP contribution >= 0.6 is 27.3 Å². The van der Waals surface area contributed by atoms with E-state index in [1.165, 1.54) is 34.6 Å². The van der Waals surface area contributed by atoms with Gasteiger partial charge in [-0.25, -0.2) is 0 Å². The molecule has 16 heavy (non-hydrogen) atoms. The van der Waals surface area contributed by atoms with Crippen molar-refractivity contribution in [2.45, 2.75) is 32.4 Å². The van der Waals surface area contributed by atoms with Gasteiger partial charge in [-0.3, -0.25) is 4.90 Å². The summed E-state index contributed by atoms with van der Waals surface area (Å²) in [6.07, 6.45) is 2.51. The maximum atomic E-state index is 5.95. The molecule has 2 nitrogen and oxygen atoms in total. The molecule has 0 spiro atoms. The van der Waals surface area contributed by atoms with Crippen LogP contribution in [0.1, 0.15) is 24.6 Å². The molecule has 1 aromatic heterocycles. The Labute approximate surface area is 110 Å². The normalized spacial score (nSPS) is 21.2. The zero-order valence-electron chi connectivity index (χ0n) is 9.66. The first-order valence-electron chi connectivity index (χ1n) is 5.87. The molecule has 1 unspecified atom stereocenters. The van der Waals surface area contributed by atoms with Crippen molar-refractivity contribution in [1.82, 2.24) is 4.90 Å². The van der Waals surface area contributed by atoms with Crippen LogP contribution in [0.2, 0.25) is 0 Å². The number of nitrogens with zero attached hydrogens (tertiary/aromatic N) is 1. The van der Waals surface area contributed by atoms with Gasteiger partial charge in [0.2, 0.25) is 0 Å². The van der Waals surface area contributed by atoms with Crippen molar-refractivity contribution in [2.24, 2.45) is 11.7 Å². The zero-order valence-corrected chi connectivity index (χ0v) is 12.1. The molecule has 0 radical (unpaired) electrons. The van der Waals surface area contributed by atoms with E-state index in [1.807, 2.05) is 11.3 Å². The Morgan fingerprint density at radius 3 is 2.69 bits per heavy atom. The summed E-state index contributed by atoms with van der Waals surface area (Å²) in [5.41, 5.74) is 5.95. The summed E-state index contributed by atoms with van der Waals surface area (Å²) >= 11 is 5.35. The predicted octanol–water partition coefficient (Wildman–Crippen LogP) is 3.07. The van der Waals surface area contributed by atoms with Crippen molar-refractivity contribution < 1.29 is 0 Å². The Balaban J connectivity index is 1.81. The Morgan fingerprint density at radius 1 is 1.50 bits per heavy atom. The van der Waals surface area contributed by atoms with Crippen molar-refractivity contribution in [3.8, 4) is 0 Å². The lowest BCUT2D eigenvalue weighted by Crippen LogP contribution is -2.39. The minimum absolute atomic E-state index is 0.359. The minimum Gasteiger partial charge on any atom is -0.328 e. The van der Waals surface area contributed by atoms with Gasteiger partial charge in [-0.05, 0) is 66.8 Å². The first-order valence-corrected chi connectivity index (χ1v) is 7.48. The van der Waals surface area contributed by atoms with Gasteiger partial charge in [-0.15, -0.1) is 11.3 Å². The summed E-state index contributed by atoms with van der Waals surface area (Å²) in [6, 6.07) is 4.71. The fraction of sp³-hybridized carbons (Fsp3) is 0.667. The van der Waals surface area contributed by atoms with Gasteiger partial charge in [-0.2, -0.15) is 0 Å². The van der Waals surface area contributed by atoms with Gasteiger partial charge in [0.25, 0.3) is 0 Å². The number of rotatable bonds is 3. The molecule has 90 valence electrons. The van der Waals surface area contributed by atoms with Crippen LogP contribution in [0.25, 0.3) is 0 Å². The predicted molar refractivity (Wildman–Crippen MR) is 73.7 cm³/mol. The molecule has 1 aliphatic heterocycles. The summed E-state index contributed by atoms with van der Waals surface area (Å²) in [5, 5.41) is 0. The summed E-state index contributed by atoms with van der Waals surface area (Å²) in [6.45, 7) is 5.63. The second-order valence-corrected chi connectivity index (χ2v) is 7.23. The SMILES string of the molecule is CC(N)C1CCN(Cc2ccc(Br)s2)CC1. The van der Waals surface area contributed by atoms with Crippen LogP contribution in [0.4, 0.5) is 0 Å². The van der Waals surface area contributed by atoms with Gasteiger partial charge in [0.05, 0.1) is 3.79 Å². The van der Waals surface area contributed by atoms with Crippen LogP contribution in [0.5, 0.6) is 0 Å². The van der Waals surface area contributed by atoms with E-state index in [-0.39, 0.29) is 0 Å². The van der Waals surface area contributed by atoms with E-state index >= 15 is 0 Å². The van der Waals surface area contributed by atoms with Crippen molar-refractivity contribution in [3.05, 3.63) is 20.8 Å². The topological polar surface area (TPSA) is 29.3 Å². The van der Waals surface area contributed by atoms with Crippen LogP contribution in [-0.2, 0) is 6.54 Å². The van der Waals surface area contributed by atoms with E-state index in [1.54, 1.807) is 0 Å². The summed E-state index contributed by atoms with van der Waals surface area (Å²) in [5.74, 6) is 0.728. The molecule has 2 N–H and O–H groups in total. The van der Waals surface area contributed by atoms with E-state index in [0.717, 1.165) is 12.5 Å². The van der Waals surface area contributed by atoms with Gasteiger partial charge in [0.1, 0.15) is 0 Å². The smallest absolute Gasteiger partial charge is 0.0701 e. The van der Waals surface area contributed by atoms with E-state index in [9.17, 15) is 0 Å². The highest BCUT2D eigenvalue weighted by molar-refractivity contribution is 9.11. The fourth-order valence-electron chi connectivity index (χ4n) is 2.29. The molecule has 1 aromatic rings. The maximum Gasteiger partial charge on any atom is 0.0701 e. The van der Waals surface area contributed by atoms with E-state index < -0.39 is 0 Å². The number of nitrogens with two attached hydrogens (primary N) is 1. The van der Waals surface area contributed by atoms with Crippen molar-refractivity contribution in [2.75, 3.05) is 13.1 Å². The Bertz CT molecular complexity index is 330. The van der Waals surface area contributed by atoms with Crippen LogP contribution in [0, 0.1) is 5.92 Å². The lowest BCUT2D eigenvalue weighted by Gasteiger charge is -2.33. The lowest BCUT2D eigenvalue weighted by atomic mass is 9.91. The van der Waals surface area contributed by atoms with Crippen LogP contribution in [0.3, 0.4) is 0 Å². The molecule has 2 heterocycles. The third-order valence-electron chi connectivity index (χ3n) is 3.38. The third-order valence-corrected chi connectivity index (χ3v) is 4.99. The highest BCUT2D eigenvalue weighted by atomic mass is 79.9. The quantitative estimate of drug-likeness (QED) is 0.930. The molecule has 0 aromatic carbocycles. The monoisotopic (exact) mass is 302 g/mol. The fourth-order valence-corrected chi connectivity index (χ4v) is 3.82. The Kier molecular flexibility index (Phi) is 4.41. The molecular weight excluding hydrogens is 284 g/mol. The number of hydrogen-bond donors (Lipinski definition) is 1. The molecule has 1 fully saturated rings. The molecule has 0 amide bonds. The van der Waals surface area contributed by atoms with Crippen LogP contribution < -0.4 is 5.73 Å². The first-order chi connectivity index (χ1) is 7.65. The first kappa shape index (κ1) is 12.6. The second-order valence-electron chi connectivity index (χ2n) is 4.68. The standard InChI is InChI=1S/C12H19BrN2S/c1-9(14)10-4-6-15(7-5-10)8-11-2-3-12(13)16-11/h2-3,9-10H,4-8,14H2,1H3. The number of hydrogen-bond acceptors (Lipinski definition) is 3. The zero-order chi connectivity index (χ0) is 11.5. The van der Waals surface area contributed by atoms with E-state index in [2.05, 4.69) is 39.9 Å².